The maximum Gasteiger partial charge on any atom is 0.0590 e. The first kappa shape index (κ1) is 7.79. The number of nitrogens with zero attached hydrogens (tertiary/aromatic N) is 1. The lowest BCUT2D eigenvalue weighted by Gasteiger charge is -2.02. The third-order valence-corrected chi connectivity index (χ3v) is 1.46. The van der Waals surface area contributed by atoms with E-state index in [9.17, 15) is 0 Å². The molecule has 1 N–H and O–H groups in total. The van der Waals surface area contributed by atoms with E-state index in [2.05, 4.69) is 10.5 Å². The Morgan fingerprint density at radius 2 is 2.09 bits per heavy atom. The Balaban J connectivity index is 2.77. The Morgan fingerprint density at radius 3 is 2.73 bits per heavy atom. The third kappa shape index (κ3) is 2.08. The standard InChI is InChI=1S/C9H12N2/c1-3-10-11-9-7-5-4-6-8(9)2/h3-7,11H,1-2H3/b10-3+. The predicted molar refractivity (Wildman–Crippen MR) is 49.0 cm³/mol. The molecule has 11 heavy (non-hydrogen) atoms. The molecule has 0 radical (unpaired) electrons. The summed E-state index contributed by atoms with van der Waals surface area (Å²) in [6.45, 7) is 3.93. The Morgan fingerprint density at radius 1 is 1.36 bits per heavy atom. The fourth-order valence-electron chi connectivity index (χ4n) is 0.832. The molecule has 0 aromatic heterocycles. The molecule has 0 spiro atoms. The van der Waals surface area contributed by atoms with Gasteiger partial charge in [0, 0.05) is 6.21 Å². The molecule has 0 fully saturated rings. The van der Waals surface area contributed by atoms with Crippen LogP contribution in [-0.2, 0) is 0 Å². The van der Waals surface area contributed by atoms with Gasteiger partial charge < -0.3 is 0 Å². The van der Waals surface area contributed by atoms with E-state index in [1.807, 2.05) is 38.1 Å². The van der Waals surface area contributed by atoms with Gasteiger partial charge in [0.05, 0.1) is 5.69 Å². The average Bonchev–Trinajstić information content (AvgIpc) is 2.03. The zero-order valence-corrected chi connectivity index (χ0v) is 6.83. The Kier molecular flexibility index (Phi) is 2.66. The molecule has 1 rings (SSSR count). The molecular formula is C9H12N2. The molecular weight excluding hydrogens is 136 g/mol. The van der Waals surface area contributed by atoms with E-state index in [1.54, 1.807) is 6.21 Å². The van der Waals surface area contributed by atoms with Crippen LogP contribution in [-0.4, -0.2) is 6.21 Å². The molecule has 0 heterocycles. The molecule has 0 aliphatic rings. The van der Waals surface area contributed by atoms with Crippen molar-refractivity contribution in [1.82, 2.24) is 0 Å². The van der Waals surface area contributed by atoms with Crippen LogP contribution in [0.4, 0.5) is 5.69 Å². The minimum Gasteiger partial charge on any atom is -0.279 e. The van der Waals surface area contributed by atoms with Gasteiger partial charge >= 0.3 is 0 Å². The van der Waals surface area contributed by atoms with Crippen LogP contribution in [0.25, 0.3) is 0 Å². The van der Waals surface area contributed by atoms with E-state index in [0.29, 0.717) is 0 Å². The van der Waals surface area contributed by atoms with Crippen molar-refractivity contribution in [2.45, 2.75) is 13.8 Å². The molecule has 0 saturated heterocycles. The minimum absolute atomic E-state index is 1.06. The summed E-state index contributed by atoms with van der Waals surface area (Å²) in [4.78, 5) is 0. The number of anilines is 1. The highest BCUT2D eigenvalue weighted by Gasteiger charge is 1.90. The second kappa shape index (κ2) is 3.76. The lowest BCUT2D eigenvalue weighted by molar-refractivity contribution is 1.31. The van der Waals surface area contributed by atoms with Crippen LogP contribution in [0.3, 0.4) is 0 Å². The van der Waals surface area contributed by atoms with E-state index in [0.717, 1.165) is 5.69 Å². The number of rotatable bonds is 2. The zero-order valence-electron chi connectivity index (χ0n) is 6.83. The van der Waals surface area contributed by atoms with E-state index in [4.69, 9.17) is 0 Å². The van der Waals surface area contributed by atoms with Crippen molar-refractivity contribution in [2.24, 2.45) is 5.10 Å². The van der Waals surface area contributed by atoms with Gasteiger partial charge in [0.1, 0.15) is 0 Å². The largest absolute Gasteiger partial charge is 0.279 e. The summed E-state index contributed by atoms with van der Waals surface area (Å²) in [7, 11) is 0. The molecule has 1 aromatic rings. The van der Waals surface area contributed by atoms with Crippen LogP contribution in [0.5, 0.6) is 0 Å². The zero-order chi connectivity index (χ0) is 8.10. The number of aryl methyl sites for hydroxylation is 1. The molecule has 0 aliphatic carbocycles. The third-order valence-electron chi connectivity index (χ3n) is 1.46. The normalized spacial score (nSPS) is 10.4. The second-order valence-corrected chi connectivity index (χ2v) is 2.31. The molecule has 2 heteroatoms. The highest BCUT2D eigenvalue weighted by Crippen LogP contribution is 2.12. The maximum atomic E-state index is 3.93. The number of nitrogens with one attached hydrogen (secondary N) is 1. The van der Waals surface area contributed by atoms with Crippen molar-refractivity contribution in [3.8, 4) is 0 Å². The summed E-state index contributed by atoms with van der Waals surface area (Å²) < 4.78 is 0. The summed E-state index contributed by atoms with van der Waals surface area (Å²) >= 11 is 0. The molecule has 58 valence electrons. The van der Waals surface area contributed by atoms with E-state index in [-0.39, 0.29) is 0 Å². The Labute approximate surface area is 66.9 Å². The number of hydrogen-bond donors (Lipinski definition) is 1. The molecule has 0 bridgehead atoms. The molecule has 0 saturated carbocycles. The fraction of sp³-hybridized carbons (Fsp3) is 0.222. The van der Waals surface area contributed by atoms with Crippen LogP contribution in [0.2, 0.25) is 0 Å². The second-order valence-electron chi connectivity index (χ2n) is 2.31. The number of para-hydroxylation sites is 1. The van der Waals surface area contributed by atoms with Gasteiger partial charge in [-0.3, -0.25) is 5.43 Å². The molecule has 0 atom stereocenters. The van der Waals surface area contributed by atoms with E-state index >= 15 is 0 Å². The average molecular weight is 148 g/mol. The van der Waals surface area contributed by atoms with Crippen molar-refractivity contribution in [2.75, 3.05) is 5.43 Å². The summed E-state index contributed by atoms with van der Waals surface area (Å²) in [5.41, 5.74) is 5.20. The molecule has 0 aliphatic heterocycles. The number of hydrogen-bond acceptors (Lipinski definition) is 2. The summed E-state index contributed by atoms with van der Waals surface area (Å²) in [5, 5.41) is 3.93. The first-order valence-corrected chi connectivity index (χ1v) is 3.64. The van der Waals surface area contributed by atoms with Crippen LogP contribution in [0.15, 0.2) is 29.4 Å². The van der Waals surface area contributed by atoms with Gasteiger partial charge in [-0.1, -0.05) is 18.2 Å². The van der Waals surface area contributed by atoms with E-state index < -0.39 is 0 Å². The first-order valence-electron chi connectivity index (χ1n) is 3.64. The van der Waals surface area contributed by atoms with Crippen LogP contribution in [0.1, 0.15) is 12.5 Å². The van der Waals surface area contributed by atoms with Gasteiger partial charge in [0.25, 0.3) is 0 Å². The SMILES string of the molecule is C/C=N/Nc1ccccc1C. The van der Waals surface area contributed by atoms with Gasteiger partial charge in [-0.2, -0.15) is 5.10 Å². The fourth-order valence-corrected chi connectivity index (χ4v) is 0.832. The van der Waals surface area contributed by atoms with Gasteiger partial charge in [0.2, 0.25) is 0 Å². The van der Waals surface area contributed by atoms with Crippen molar-refractivity contribution in [1.29, 1.82) is 0 Å². The van der Waals surface area contributed by atoms with Crippen LogP contribution in [0, 0.1) is 6.92 Å². The lowest BCUT2D eigenvalue weighted by atomic mass is 10.2. The van der Waals surface area contributed by atoms with Crippen molar-refractivity contribution >= 4 is 11.9 Å². The van der Waals surface area contributed by atoms with Gasteiger partial charge in [-0.15, -0.1) is 0 Å². The van der Waals surface area contributed by atoms with Crippen LogP contribution >= 0.6 is 0 Å². The van der Waals surface area contributed by atoms with Gasteiger partial charge in [-0.25, -0.2) is 0 Å². The highest BCUT2D eigenvalue weighted by molar-refractivity contribution is 5.57. The predicted octanol–water partition coefficient (Wildman–Crippen LogP) is 2.41. The Bertz CT molecular complexity index is 253. The van der Waals surface area contributed by atoms with Gasteiger partial charge in [-0.05, 0) is 25.5 Å². The van der Waals surface area contributed by atoms with Crippen LogP contribution < -0.4 is 5.43 Å². The minimum atomic E-state index is 1.06. The molecule has 1 aromatic carbocycles. The topological polar surface area (TPSA) is 24.4 Å². The molecule has 2 nitrogen and oxygen atoms in total. The summed E-state index contributed by atoms with van der Waals surface area (Å²) in [5.74, 6) is 0. The smallest absolute Gasteiger partial charge is 0.0590 e. The summed E-state index contributed by atoms with van der Waals surface area (Å²) in [6.07, 6.45) is 1.73. The van der Waals surface area contributed by atoms with Crippen molar-refractivity contribution in [3.05, 3.63) is 29.8 Å². The Hall–Kier alpha value is -1.31. The van der Waals surface area contributed by atoms with Gasteiger partial charge in [0.15, 0.2) is 0 Å². The number of benzene rings is 1. The van der Waals surface area contributed by atoms with Crippen molar-refractivity contribution in [3.63, 3.8) is 0 Å². The monoisotopic (exact) mass is 148 g/mol. The van der Waals surface area contributed by atoms with E-state index in [1.165, 1.54) is 5.56 Å². The maximum absolute atomic E-state index is 3.93. The first-order chi connectivity index (χ1) is 5.34. The molecule has 0 unspecified atom stereocenters. The highest BCUT2D eigenvalue weighted by atomic mass is 15.3. The lowest BCUT2D eigenvalue weighted by Crippen LogP contribution is -1.89. The van der Waals surface area contributed by atoms with Crippen molar-refractivity contribution < 1.29 is 0 Å². The molecule has 0 amide bonds. The quantitative estimate of drug-likeness (QED) is 0.505. The summed E-state index contributed by atoms with van der Waals surface area (Å²) in [6, 6.07) is 8.05. The number of hydrazone groups is 1.